The zero-order chi connectivity index (χ0) is 24.3. The van der Waals surface area contributed by atoms with E-state index in [4.69, 9.17) is 14.9 Å². The lowest BCUT2D eigenvalue weighted by molar-refractivity contribution is -0.129. The Morgan fingerprint density at radius 2 is 1.80 bits per heavy atom. The third-order valence-electron chi connectivity index (χ3n) is 6.28. The van der Waals surface area contributed by atoms with Crippen LogP contribution in [-0.4, -0.2) is 43.7 Å². The van der Waals surface area contributed by atoms with Crippen LogP contribution in [0.15, 0.2) is 30.6 Å². The molecule has 1 fully saturated rings. The molecule has 1 aromatic carbocycles. The van der Waals surface area contributed by atoms with E-state index in [0.717, 1.165) is 67.7 Å². The second kappa shape index (κ2) is 12.9. The molecule has 1 saturated carbocycles. The molecule has 0 bridgehead atoms. The largest absolute Gasteiger partial charge is 0.494 e. The van der Waals surface area contributed by atoms with Crippen LogP contribution in [0.2, 0.25) is 0 Å². The highest BCUT2D eigenvalue weighted by Crippen LogP contribution is 2.26. The van der Waals surface area contributed by atoms with Gasteiger partial charge in [-0.1, -0.05) is 38.5 Å². The highest BCUT2D eigenvalue weighted by molar-refractivity contribution is 5.84. The minimum atomic E-state index is -0.323. The summed E-state index contributed by atoms with van der Waals surface area (Å²) in [5.74, 6) is 1.78. The number of hydrogen-bond acceptors (Lipinski definition) is 8. The molecule has 1 aliphatic carbocycles. The summed E-state index contributed by atoms with van der Waals surface area (Å²) in [6, 6.07) is 8.21. The van der Waals surface area contributed by atoms with Crippen molar-refractivity contribution in [1.29, 1.82) is 0 Å². The van der Waals surface area contributed by atoms with E-state index in [9.17, 15) is 4.79 Å². The van der Waals surface area contributed by atoms with Crippen molar-refractivity contribution in [2.75, 3.05) is 17.2 Å². The fourth-order valence-electron chi connectivity index (χ4n) is 4.36. The number of unbranched alkanes of at least 4 members (excludes halogenated alkanes) is 4. The molecule has 35 heavy (non-hydrogen) atoms. The van der Waals surface area contributed by atoms with E-state index in [2.05, 4.69) is 25.6 Å². The smallest absolute Gasteiger partial charge is 0.243 e. The van der Waals surface area contributed by atoms with E-state index < -0.39 is 0 Å². The number of anilines is 3. The quantitative estimate of drug-likeness (QED) is 0.130. The molecule has 0 radical (unpaired) electrons. The lowest BCUT2D eigenvalue weighted by Crippen LogP contribution is -2.23. The molecule has 0 spiro atoms. The van der Waals surface area contributed by atoms with Crippen LogP contribution in [0.5, 0.6) is 5.75 Å². The molecule has 10 nitrogen and oxygen atoms in total. The zero-order valence-electron chi connectivity index (χ0n) is 20.1. The number of aromatic amines is 1. The van der Waals surface area contributed by atoms with Gasteiger partial charge in [0, 0.05) is 18.2 Å². The number of nitrogens with zero attached hydrogens (tertiary/aromatic N) is 3. The van der Waals surface area contributed by atoms with Gasteiger partial charge < -0.3 is 20.4 Å². The van der Waals surface area contributed by atoms with E-state index in [1.807, 2.05) is 24.3 Å². The van der Waals surface area contributed by atoms with Crippen LogP contribution in [0.3, 0.4) is 0 Å². The Kier molecular flexibility index (Phi) is 9.11. The minimum Gasteiger partial charge on any atom is -0.494 e. The Labute approximate surface area is 205 Å². The number of hydroxylamine groups is 1. The average molecular weight is 482 g/mol. The molecule has 0 atom stereocenters. The zero-order valence-corrected chi connectivity index (χ0v) is 20.1. The first-order valence-electron chi connectivity index (χ1n) is 12.6. The first-order chi connectivity index (χ1) is 17.2. The van der Waals surface area contributed by atoms with Gasteiger partial charge in [-0.05, 0) is 49.9 Å². The Bertz CT molecular complexity index is 1060. The number of aromatic nitrogens is 4. The Hall–Kier alpha value is -3.40. The number of carbonyl (C=O) groups excluding carboxylic acids is 1. The second-order valence-electron chi connectivity index (χ2n) is 9.03. The Balaban J connectivity index is 1.24. The molecular formula is C25H35N7O3. The molecule has 0 unspecified atom stereocenters. The third-order valence-corrected chi connectivity index (χ3v) is 6.28. The third kappa shape index (κ3) is 7.54. The van der Waals surface area contributed by atoms with Gasteiger partial charge in [-0.2, -0.15) is 9.97 Å². The fourth-order valence-corrected chi connectivity index (χ4v) is 4.36. The van der Waals surface area contributed by atoms with Gasteiger partial charge in [0.25, 0.3) is 0 Å². The molecule has 10 heteroatoms. The number of rotatable bonds is 13. The van der Waals surface area contributed by atoms with Crippen LogP contribution in [0, 0.1) is 0 Å². The number of benzene rings is 1. The Morgan fingerprint density at radius 3 is 2.60 bits per heavy atom. The fraction of sp³-hybridized carbons (Fsp3) is 0.520. The van der Waals surface area contributed by atoms with Crippen LogP contribution >= 0.6 is 0 Å². The first-order valence-corrected chi connectivity index (χ1v) is 12.6. The molecule has 3 aromatic rings. The summed E-state index contributed by atoms with van der Waals surface area (Å²) < 4.78 is 5.84. The number of imidazole rings is 1. The maximum atomic E-state index is 11.0. The van der Waals surface area contributed by atoms with Crippen LogP contribution in [0.1, 0.15) is 70.6 Å². The van der Waals surface area contributed by atoms with Crippen molar-refractivity contribution < 1.29 is 14.7 Å². The van der Waals surface area contributed by atoms with E-state index >= 15 is 0 Å². The minimum absolute atomic E-state index is 0.323. The van der Waals surface area contributed by atoms with Gasteiger partial charge in [0.1, 0.15) is 11.3 Å². The summed E-state index contributed by atoms with van der Waals surface area (Å²) in [4.78, 5) is 27.7. The summed E-state index contributed by atoms with van der Waals surface area (Å²) in [5, 5.41) is 15.3. The van der Waals surface area contributed by atoms with Crippen LogP contribution in [-0.2, 0) is 4.79 Å². The molecule has 0 aliphatic heterocycles. The molecule has 4 rings (SSSR count). The van der Waals surface area contributed by atoms with Crippen molar-refractivity contribution in [3.8, 4) is 5.75 Å². The molecular weight excluding hydrogens is 446 g/mol. The maximum absolute atomic E-state index is 11.0. The van der Waals surface area contributed by atoms with Gasteiger partial charge in [0.05, 0.1) is 12.9 Å². The molecule has 0 saturated heterocycles. The topological polar surface area (TPSA) is 137 Å². The van der Waals surface area contributed by atoms with Crippen molar-refractivity contribution in [3.63, 3.8) is 0 Å². The number of H-pyrrole nitrogens is 1. The molecule has 2 heterocycles. The van der Waals surface area contributed by atoms with E-state index in [1.165, 1.54) is 19.3 Å². The average Bonchev–Trinajstić information content (AvgIpc) is 3.36. The van der Waals surface area contributed by atoms with Gasteiger partial charge in [0.15, 0.2) is 11.5 Å². The summed E-state index contributed by atoms with van der Waals surface area (Å²) in [6.45, 7) is 0.652. The van der Waals surface area contributed by atoms with E-state index in [-0.39, 0.29) is 5.91 Å². The number of amides is 1. The number of fused-ring (bicyclic) bond motifs is 1. The summed E-state index contributed by atoms with van der Waals surface area (Å²) in [5.41, 5.74) is 4.01. The SMILES string of the molecule is O=C(CCCCCCCOc1ccc(Nc2nc(NC3CCCCC3)c3nc[nH]c3n2)cc1)NO. The van der Waals surface area contributed by atoms with Crippen molar-refractivity contribution in [2.24, 2.45) is 0 Å². The van der Waals surface area contributed by atoms with Crippen LogP contribution < -0.4 is 20.9 Å². The van der Waals surface area contributed by atoms with Crippen LogP contribution in [0.4, 0.5) is 17.5 Å². The number of hydrogen-bond donors (Lipinski definition) is 5. The first kappa shape index (κ1) is 24.7. The monoisotopic (exact) mass is 481 g/mol. The predicted molar refractivity (Wildman–Crippen MR) is 135 cm³/mol. The highest BCUT2D eigenvalue weighted by atomic mass is 16.5. The maximum Gasteiger partial charge on any atom is 0.243 e. The van der Waals surface area contributed by atoms with E-state index in [0.29, 0.717) is 30.7 Å². The lowest BCUT2D eigenvalue weighted by atomic mass is 9.95. The normalized spacial score (nSPS) is 14.1. The molecule has 1 aliphatic rings. The van der Waals surface area contributed by atoms with Gasteiger partial charge >= 0.3 is 0 Å². The highest BCUT2D eigenvalue weighted by Gasteiger charge is 2.17. The number of carbonyl (C=O) groups is 1. The molecule has 1 amide bonds. The van der Waals surface area contributed by atoms with Gasteiger partial charge in [0.2, 0.25) is 11.9 Å². The number of nitrogens with one attached hydrogen (secondary N) is 4. The van der Waals surface area contributed by atoms with Crippen molar-refractivity contribution in [2.45, 2.75) is 76.7 Å². The van der Waals surface area contributed by atoms with E-state index in [1.54, 1.807) is 11.8 Å². The van der Waals surface area contributed by atoms with Gasteiger partial charge in [-0.25, -0.2) is 10.5 Å². The molecule has 5 N–H and O–H groups in total. The van der Waals surface area contributed by atoms with Crippen molar-refractivity contribution >= 4 is 34.5 Å². The second-order valence-corrected chi connectivity index (χ2v) is 9.03. The summed E-state index contributed by atoms with van der Waals surface area (Å²) in [6.07, 6.45) is 12.9. The molecule has 188 valence electrons. The number of ether oxygens (including phenoxy) is 1. The molecule has 2 aromatic heterocycles. The predicted octanol–water partition coefficient (Wildman–Crippen LogP) is 5.07. The van der Waals surface area contributed by atoms with Gasteiger partial charge in [-0.3, -0.25) is 10.0 Å². The summed E-state index contributed by atoms with van der Waals surface area (Å²) >= 11 is 0. The summed E-state index contributed by atoms with van der Waals surface area (Å²) in [7, 11) is 0. The standard InChI is InChI=1S/C25H35N7O3/c33-21(32-34)11-7-2-1-3-8-16-35-20-14-12-19(13-15-20)29-25-30-23-22(26-17-27-23)24(31-25)28-18-9-5-4-6-10-18/h12-15,17-18,34H,1-11,16H2,(H,32,33)(H3,26,27,28,29,30,31). The van der Waals surface area contributed by atoms with Gasteiger partial charge in [-0.15, -0.1) is 0 Å². The van der Waals surface area contributed by atoms with Crippen molar-refractivity contribution in [3.05, 3.63) is 30.6 Å². The Morgan fingerprint density at radius 1 is 1.03 bits per heavy atom. The lowest BCUT2D eigenvalue weighted by Gasteiger charge is -2.23. The van der Waals surface area contributed by atoms with Crippen molar-refractivity contribution in [1.82, 2.24) is 25.4 Å². The van der Waals surface area contributed by atoms with Crippen LogP contribution in [0.25, 0.3) is 11.2 Å².